The van der Waals surface area contributed by atoms with Crippen molar-refractivity contribution in [3.63, 3.8) is 0 Å². The molecule has 2 rings (SSSR count). The first kappa shape index (κ1) is 17.1. The summed E-state index contributed by atoms with van der Waals surface area (Å²) in [6.45, 7) is 0. The van der Waals surface area contributed by atoms with E-state index >= 15 is 0 Å². The highest BCUT2D eigenvalue weighted by Gasteiger charge is 2.06. The van der Waals surface area contributed by atoms with E-state index in [2.05, 4.69) is 5.32 Å². The third-order valence-electron chi connectivity index (χ3n) is 2.63. The number of halogens is 4. The second-order valence-corrected chi connectivity index (χ2v) is 6.25. The van der Waals surface area contributed by atoms with Crippen molar-refractivity contribution in [2.24, 2.45) is 0 Å². The summed E-state index contributed by atoms with van der Waals surface area (Å²) in [4.78, 5) is 11.7. The lowest BCUT2D eigenvalue weighted by Gasteiger charge is -2.06. The molecular formula is C15H11Cl2F2NOS. The Bertz CT molecular complexity index is 677. The normalized spacial score (nSPS) is 10.5. The summed E-state index contributed by atoms with van der Waals surface area (Å²) in [5.74, 6) is -1.09. The molecule has 0 bridgehead atoms. The van der Waals surface area contributed by atoms with Crippen molar-refractivity contribution in [1.29, 1.82) is 0 Å². The molecule has 7 heteroatoms. The minimum atomic E-state index is -0.737. The van der Waals surface area contributed by atoms with Crippen LogP contribution < -0.4 is 5.32 Å². The molecule has 0 heterocycles. The molecule has 0 aromatic heterocycles. The minimum Gasteiger partial charge on any atom is -0.325 e. The summed E-state index contributed by atoms with van der Waals surface area (Å²) in [7, 11) is 0. The predicted molar refractivity (Wildman–Crippen MR) is 87.6 cm³/mol. The van der Waals surface area contributed by atoms with Crippen molar-refractivity contribution >= 4 is 46.6 Å². The van der Waals surface area contributed by atoms with E-state index in [0.29, 0.717) is 15.8 Å². The highest BCUT2D eigenvalue weighted by Crippen LogP contribution is 2.24. The molecule has 0 aliphatic carbocycles. The average Bonchev–Trinajstić information content (AvgIpc) is 2.41. The Hall–Kier alpha value is -1.30. The maximum atomic E-state index is 13.0. The van der Waals surface area contributed by atoms with Gasteiger partial charge < -0.3 is 5.32 Å². The first-order valence-corrected chi connectivity index (χ1v) is 8.13. The summed E-state index contributed by atoms with van der Waals surface area (Å²) in [6, 6.07) is 8.11. The second kappa shape index (κ2) is 7.81. The first-order valence-electron chi connectivity index (χ1n) is 6.21. The monoisotopic (exact) mass is 361 g/mol. The maximum Gasteiger partial charge on any atom is 0.234 e. The number of carbonyl (C=O) groups is 1. The van der Waals surface area contributed by atoms with E-state index in [1.807, 2.05) is 6.07 Å². The lowest BCUT2D eigenvalue weighted by molar-refractivity contribution is -0.113. The van der Waals surface area contributed by atoms with Crippen LogP contribution in [-0.2, 0) is 10.5 Å². The van der Waals surface area contributed by atoms with E-state index in [0.717, 1.165) is 23.8 Å². The molecule has 0 radical (unpaired) electrons. The standard InChI is InChI=1S/C15H11Cl2F2NOS/c16-13-2-1-9(3-14(13)17)7-22-8-15(21)20-12-5-10(18)4-11(19)6-12/h1-6H,7-8H2,(H,20,21). The molecule has 116 valence electrons. The van der Waals surface area contributed by atoms with Crippen molar-refractivity contribution in [1.82, 2.24) is 0 Å². The van der Waals surface area contributed by atoms with E-state index in [4.69, 9.17) is 23.2 Å². The van der Waals surface area contributed by atoms with Crippen LogP contribution in [-0.4, -0.2) is 11.7 Å². The molecular weight excluding hydrogens is 351 g/mol. The molecule has 22 heavy (non-hydrogen) atoms. The van der Waals surface area contributed by atoms with Gasteiger partial charge in [-0.05, 0) is 29.8 Å². The SMILES string of the molecule is O=C(CSCc1ccc(Cl)c(Cl)c1)Nc1cc(F)cc(F)c1. The van der Waals surface area contributed by atoms with Gasteiger partial charge in [0.1, 0.15) is 11.6 Å². The van der Waals surface area contributed by atoms with Crippen LogP contribution >= 0.6 is 35.0 Å². The van der Waals surface area contributed by atoms with E-state index in [9.17, 15) is 13.6 Å². The number of benzene rings is 2. The van der Waals surface area contributed by atoms with Gasteiger partial charge in [-0.25, -0.2) is 8.78 Å². The summed E-state index contributed by atoms with van der Waals surface area (Å²) < 4.78 is 26.0. The molecule has 2 aromatic rings. The van der Waals surface area contributed by atoms with Gasteiger partial charge in [0.2, 0.25) is 5.91 Å². The first-order chi connectivity index (χ1) is 10.4. The molecule has 1 N–H and O–H groups in total. The smallest absolute Gasteiger partial charge is 0.234 e. The summed E-state index contributed by atoms with van der Waals surface area (Å²) in [5.41, 5.74) is 1.03. The van der Waals surface area contributed by atoms with Crippen molar-refractivity contribution in [3.8, 4) is 0 Å². The van der Waals surface area contributed by atoms with Crippen molar-refractivity contribution < 1.29 is 13.6 Å². The van der Waals surface area contributed by atoms with E-state index in [1.165, 1.54) is 11.8 Å². The Kier molecular flexibility index (Phi) is 6.06. The van der Waals surface area contributed by atoms with Crippen LogP contribution in [0.4, 0.5) is 14.5 Å². The average molecular weight is 362 g/mol. The van der Waals surface area contributed by atoms with Gasteiger partial charge in [0.25, 0.3) is 0 Å². The van der Waals surface area contributed by atoms with E-state index in [1.54, 1.807) is 12.1 Å². The highest BCUT2D eigenvalue weighted by molar-refractivity contribution is 7.99. The quantitative estimate of drug-likeness (QED) is 0.798. The summed E-state index contributed by atoms with van der Waals surface area (Å²) in [5, 5.41) is 3.37. The van der Waals surface area contributed by atoms with Crippen molar-refractivity contribution in [3.05, 3.63) is 63.6 Å². The number of anilines is 1. The number of nitrogens with one attached hydrogen (secondary N) is 1. The van der Waals surface area contributed by atoms with Crippen LogP contribution in [0.15, 0.2) is 36.4 Å². The predicted octanol–water partition coefficient (Wildman–Crippen LogP) is 5.14. The Morgan fingerprint density at radius 1 is 1.05 bits per heavy atom. The third-order valence-corrected chi connectivity index (χ3v) is 4.38. The van der Waals surface area contributed by atoms with Gasteiger partial charge in [0, 0.05) is 17.5 Å². The number of hydrogen-bond acceptors (Lipinski definition) is 2. The molecule has 0 unspecified atom stereocenters. The lowest BCUT2D eigenvalue weighted by Crippen LogP contribution is -2.14. The summed E-state index contributed by atoms with van der Waals surface area (Å²) in [6.07, 6.45) is 0. The van der Waals surface area contributed by atoms with Gasteiger partial charge in [-0.15, -0.1) is 11.8 Å². The van der Waals surface area contributed by atoms with Crippen LogP contribution in [0.1, 0.15) is 5.56 Å². The third kappa shape index (κ3) is 5.16. The van der Waals surface area contributed by atoms with Crippen molar-refractivity contribution in [2.45, 2.75) is 5.75 Å². The topological polar surface area (TPSA) is 29.1 Å². The fourth-order valence-electron chi connectivity index (χ4n) is 1.71. The maximum absolute atomic E-state index is 13.0. The number of carbonyl (C=O) groups excluding carboxylic acids is 1. The zero-order valence-corrected chi connectivity index (χ0v) is 13.5. The van der Waals surface area contributed by atoms with Gasteiger partial charge >= 0.3 is 0 Å². The van der Waals surface area contributed by atoms with Gasteiger partial charge in [-0.3, -0.25) is 4.79 Å². The molecule has 0 aliphatic rings. The second-order valence-electron chi connectivity index (χ2n) is 4.45. The Labute approximate surface area is 140 Å². The largest absolute Gasteiger partial charge is 0.325 e. The van der Waals surface area contributed by atoms with Crippen LogP contribution in [0.25, 0.3) is 0 Å². The van der Waals surface area contributed by atoms with E-state index < -0.39 is 11.6 Å². The van der Waals surface area contributed by atoms with Crippen LogP contribution in [0.3, 0.4) is 0 Å². The Balaban J connectivity index is 1.83. The Morgan fingerprint density at radius 2 is 1.73 bits per heavy atom. The van der Waals surface area contributed by atoms with Gasteiger partial charge in [0.05, 0.1) is 15.8 Å². The molecule has 0 spiro atoms. The molecule has 2 aromatic carbocycles. The van der Waals surface area contributed by atoms with Gasteiger partial charge in [-0.1, -0.05) is 29.3 Å². The zero-order chi connectivity index (χ0) is 16.1. The van der Waals surface area contributed by atoms with E-state index in [-0.39, 0.29) is 17.3 Å². The minimum absolute atomic E-state index is 0.0950. The number of thioether (sulfide) groups is 1. The van der Waals surface area contributed by atoms with Crippen LogP contribution in [0.2, 0.25) is 10.0 Å². The molecule has 0 fully saturated rings. The van der Waals surface area contributed by atoms with Crippen LogP contribution in [0.5, 0.6) is 0 Å². The molecule has 1 amide bonds. The molecule has 0 aliphatic heterocycles. The number of amides is 1. The lowest BCUT2D eigenvalue weighted by atomic mass is 10.2. The number of hydrogen-bond donors (Lipinski definition) is 1. The van der Waals surface area contributed by atoms with Gasteiger partial charge in [0.15, 0.2) is 0 Å². The molecule has 0 saturated heterocycles. The van der Waals surface area contributed by atoms with Crippen LogP contribution in [0, 0.1) is 11.6 Å². The molecule has 2 nitrogen and oxygen atoms in total. The highest BCUT2D eigenvalue weighted by atomic mass is 35.5. The zero-order valence-electron chi connectivity index (χ0n) is 11.2. The molecule has 0 saturated carbocycles. The number of rotatable bonds is 5. The molecule has 0 atom stereocenters. The van der Waals surface area contributed by atoms with Gasteiger partial charge in [-0.2, -0.15) is 0 Å². The van der Waals surface area contributed by atoms with Crippen molar-refractivity contribution in [2.75, 3.05) is 11.1 Å². The fraction of sp³-hybridized carbons (Fsp3) is 0.133. The fourth-order valence-corrected chi connectivity index (χ4v) is 2.81. The Morgan fingerprint density at radius 3 is 2.36 bits per heavy atom. The summed E-state index contributed by atoms with van der Waals surface area (Å²) >= 11 is 13.1.